The van der Waals surface area contributed by atoms with Crippen molar-refractivity contribution in [3.8, 4) is 113 Å². The van der Waals surface area contributed by atoms with Gasteiger partial charge in [0.2, 0.25) is 0 Å². The predicted molar refractivity (Wildman–Crippen MR) is 460 cm³/mol. The van der Waals surface area contributed by atoms with Crippen molar-refractivity contribution in [1.29, 1.82) is 0 Å². The quantitative estimate of drug-likeness (QED) is 0.127. The summed E-state index contributed by atoms with van der Waals surface area (Å²) in [4.78, 5) is 32.3. The summed E-state index contributed by atoms with van der Waals surface area (Å²) in [7, 11) is 0. The zero-order valence-corrected chi connectivity index (χ0v) is 59.5. The molecule has 0 saturated carbocycles. The number of fused-ring (bicyclic) bond motifs is 19. The molecule has 0 amide bonds. The molecule has 6 heteroatoms. The molecule has 0 N–H and O–H groups in total. The highest BCUT2D eigenvalue weighted by molar-refractivity contribution is 6.35. The second-order valence-corrected chi connectivity index (χ2v) is 28.7. The fourth-order valence-electron chi connectivity index (χ4n) is 17.3. The first-order chi connectivity index (χ1) is 54.5. The zero-order chi connectivity index (χ0) is 72.3. The van der Waals surface area contributed by atoms with Crippen LogP contribution in [0.25, 0.3) is 231 Å². The molecule has 110 heavy (non-hydrogen) atoms. The SMILES string of the molecule is c1ccc(-c2cc(-c3nc(-c4ccccc4)nc(-c4cccc5ccccc45)n3)cc(-c3cc4c5ccccc5c5cc(-c6ccc7cc(-c8nc(-c9ccc%10ccccc%10c9)nc(-c9ccccc9-c9cc%10c%11ccccc%11c%11ccccc%11c%10c%10ccccc9%10)n8)ccc7c6)ccc5c4c4ccccc34)c2)cc1. The number of hydrogen-bond acceptors (Lipinski definition) is 6. The number of aromatic nitrogens is 6. The maximum atomic E-state index is 5.50. The van der Waals surface area contributed by atoms with Gasteiger partial charge in [0.25, 0.3) is 0 Å². The summed E-state index contributed by atoms with van der Waals surface area (Å²) < 4.78 is 0. The predicted octanol–water partition coefficient (Wildman–Crippen LogP) is 27.4. The van der Waals surface area contributed by atoms with Crippen LogP contribution < -0.4 is 0 Å². The van der Waals surface area contributed by atoms with Gasteiger partial charge in [-0.2, -0.15) is 0 Å². The molecule has 22 aromatic rings. The monoisotopic (exact) mass is 1390 g/mol. The summed E-state index contributed by atoms with van der Waals surface area (Å²) in [5.41, 5.74) is 14.3. The third-order valence-electron chi connectivity index (χ3n) is 22.4. The number of benzene rings is 20. The topological polar surface area (TPSA) is 77.3 Å². The van der Waals surface area contributed by atoms with E-state index in [-0.39, 0.29) is 0 Å². The highest BCUT2D eigenvalue weighted by Gasteiger charge is 2.24. The van der Waals surface area contributed by atoms with E-state index < -0.39 is 0 Å². The summed E-state index contributed by atoms with van der Waals surface area (Å²) in [5.74, 6) is 3.65. The maximum Gasteiger partial charge on any atom is 0.164 e. The Balaban J connectivity index is 0.663. The highest BCUT2D eigenvalue weighted by atomic mass is 15.0. The fraction of sp³-hybridized carbons (Fsp3) is 0. The first kappa shape index (κ1) is 62.6. The van der Waals surface area contributed by atoms with Crippen molar-refractivity contribution in [2.24, 2.45) is 0 Å². The maximum absolute atomic E-state index is 5.50. The van der Waals surface area contributed by atoms with E-state index >= 15 is 0 Å². The van der Waals surface area contributed by atoms with Gasteiger partial charge in [-0.1, -0.05) is 322 Å². The first-order valence-corrected chi connectivity index (χ1v) is 37.5. The Bertz CT molecular complexity index is 7590. The van der Waals surface area contributed by atoms with Crippen LogP contribution in [0, 0.1) is 0 Å². The lowest BCUT2D eigenvalue weighted by molar-refractivity contribution is 1.08. The third kappa shape index (κ3) is 10.5. The van der Waals surface area contributed by atoms with Gasteiger partial charge in [-0.15, -0.1) is 0 Å². The Labute approximate surface area is 633 Å². The first-order valence-electron chi connectivity index (χ1n) is 37.5. The van der Waals surface area contributed by atoms with E-state index in [0.717, 1.165) is 116 Å². The van der Waals surface area contributed by atoms with E-state index in [9.17, 15) is 0 Å². The van der Waals surface area contributed by atoms with E-state index in [1.165, 1.54) is 80.8 Å². The third-order valence-corrected chi connectivity index (χ3v) is 22.4. The average molecular weight is 1400 g/mol. The van der Waals surface area contributed by atoms with Crippen molar-refractivity contribution in [3.05, 3.63) is 376 Å². The Kier molecular flexibility index (Phi) is 14.5. The van der Waals surface area contributed by atoms with Crippen molar-refractivity contribution in [1.82, 2.24) is 29.9 Å². The molecule has 0 aliphatic heterocycles. The van der Waals surface area contributed by atoms with Gasteiger partial charge in [0.05, 0.1) is 0 Å². The molecule has 2 heterocycles. The molecule has 0 spiro atoms. The molecule has 22 rings (SSSR count). The van der Waals surface area contributed by atoms with Crippen molar-refractivity contribution >= 4 is 118 Å². The molecule has 0 radical (unpaired) electrons. The molecule has 0 unspecified atom stereocenters. The summed E-state index contributed by atoms with van der Waals surface area (Å²) in [5, 5.41) is 26.0. The molecule has 2 aromatic heterocycles. The van der Waals surface area contributed by atoms with Gasteiger partial charge in [0.15, 0.2) is 34.9 Å². The van der Waals surface area contributed by atoms with E-state index in [1.54, 1.807) is 0 Å². The van der Waals surface area contributed by atoms with Crippen molar-refractivity contribution in [3.63, 3.8) is 0 Å². The molecule has 0 saturated heterocycles. The summed E-state index contributed by atoms with van der Waals surface area (Å²) in [6.07, 6.45) is 0. The van der Waals surface area contributed by atoms with Crippen molar-refractivity contribution in [2.45, 2.75) is 0 Å². The van der Waals surface area contributed by atoms with Gasteiger partial charge in [-0.3, -0.25) is 0 Å². The van der Waals surface area contributed by atoms with Crippen LogP contribution >= 0.6 is 0 Å². The molecule has 0 atom stereocenters. The largest absolute Gasteiger partial charge is 0.208 e. The van der Waals surface area contributed by atoms with Gasteiger partial charge >= 0.3 is 0 Å². The van der Waals surface area contributed by atoms with Crippen LogP contribution in [0.15, 0.2) is 376 Å². The van der Waals surface area contributed by atoms with E-state index in [1.807, 2.05) is 18.2 Å². The minimum absolute atomic E-state index is 0.599. The fourth-order valence-corrected chi connectivity index (χ4v) is 17.3. The van der Waals surface area contributed by atoms with Crippen LogP contribution in [-0.4, -0.2) is 29.9 Å². The lowest BCUT2D eigenvalue weighted by atomic mass is 9.86. The summed E-state index contributed by atoms with van der Waals surface area (Å²) >= 11 is 0. The molecule has 508 valence electrons. The van der Waals surface area contributed by atoms with Crippen LogP contribution in [0.1, 0.15) is 0 Å². The van der Waals surface area contributed by atoms with E-state index in [0.29, 0.717) is 34.9 Å². The van der Waals surface area contributed by atoms with Gasteiger partial charge in [0, 0.05) is 33.4 Å². The van der Waals surface area contributed by atoms with Crippen LogP contribution in [-0.2, 0) is 0 Å². The summed E-state index contributed by atoms with van der Waals surface area (Å²) in [6.45, 7) is 0. The van der Waals surface area contributed by atoms with Crippen LogP contribution in [0.3, 0.4) is 0 Å². The van der Waals surface area contributed by atoms with Crippen LogP contribution in [0.4, 0.5) is 0 Å². The Morgan fingerprint density at radius 2 is 0.473 bits per heavy atom. The standard InChI is InChI=1S/C104H62N6/c1-3-24-63(25-4-1)74-57-75(59-76(58-74)102-105-99(66-28-5-2-6-29-66)107-103(110-102)90-45-23-31-65-27-9-10-32-77(65)90)92-61-95-82-37-14-12-35-80(82)93-60-71(52-53-89(93)98(95)87-42-20-16-38-83(87)92)69-47-48-70-56-73(51-49-68(70)54-69)101-106-100(72-50-46-64-26-7-8-30-67(64)55-72)108-104(109-101)91-44-22-18-40-85(91)94-62-96-81-36-13-11-33-78(81)79-34-15-19-41-86(79)97(96)88-43-21-17-39-84(88)94/h1-62H. The minimum Gasteiger partial charge on any atom is -0.208 e. The molecular formula is C104H62N6. The van der Waals surface area contributed by atoms with Gasteiger partial charge in [-0.25, -0.2) is 29.9 Å². The average Bonchev–Trinajstić information content (AvgIpc) is 0.736. The van der Waals surface area contributed by atoms with E-state index in [4.69, 9.17) is 29.9 Å². The lowest BCUT2D eigenvalue weighted by Gasteiger charge is -2.18. The molecule has 0 bridgehead atoms. The Morgan fingerprint density at radius 1 is 0.118 bits per heavy atom. The number of hydrogen-bond donors (Lipinski definition) is 0. The van der Waals surface area contributed by atoms with Crippen molar-refractivity contribution in [2.75, 3.05) is 0 Å². The number of nitrogens with zero attached hydrogens (tertiary/aromatic N) is 6. The van der Waals surface area contributed by atoms with Crippen LogP contribution in [0.5, 0.6) is 0 Å². The smallest absolute Gasteiger partial charge is 0.164 e. The van der Waals surface area contributed by atoms with E-state index in [2.05, 4.69) is 358 Å². The van der Waals surface area contributed by atoms with Gasteiger partial charge in [-0.05, 0) is 218 Å². The minimum atomic E-state index is 0.599. The Morgan fingerprint density at radius 3 is 1.11 bits per heavy atom. The highest BCUT2D eigenvalue weighted by Crippen LogP contribution is 2.48. The molecule has 6 nitrogen and oxygen atoms in total. The molecule has 0 fully saturated rings. The zero-order valence-electron chi connectivity index (χ0n) is 59.5. The van der Waals surface area contributed by atoms with Gasteiger partial charge < -0.3 is 0 Å². The lowest BCUT2D eigenvalue weighted by Crippen LogP contribution is -2.01. The molecular weight excluding hydrogens is 1330 g/mol. The van der Waals surface area contributed by atoms with Crippen LogP contribution in [0.2, 0.25) is 0 Å². The Hall–Kier alpha value is -14.7. The normalized spacial score (nSPS) is 11.8. The summed E-state index contributed by atoms with van der Waals surface area (Å²) in [6, 6.07) is 136. The van der Waals surface area contributed by atoms with Crippen molar-refractivity contribution < 1.29 is 0 Å². The van der Waals surface area contributed by atoms with Gasteiger partial charge in [0.1, 0.15) is 0 Å². The molecule has 0 aliphatic carbocycles. The molecule has 0 aliphatic rings. The second-order valence-electron chi connectivity index (χ2n) is 28.7. The second kappa shape index (κ2) is 25.5. The molecule has 20 aromatic carbocycles. The number of rotatable bonds is 10.